The summed E-state index contributed by atoms with van der Waals surface area (Å²) < 4.78 is 32.0. The molecule has 2 aromatic rings. The van der Waals surface area contributed by atoms with Crippen LogP contribution in [0.15, 0.2) is 30.3 Å². The van der Waals surface area contributed by atoms with Crippen molar-refractivity contribution in [1.29, 1.82) is 0 Å². The summed E-state index contributed by atoms with van der Waals surface area (Å²) in [5.74, 6) is -2.59. The number of anilines is 1. The van der Waals surface area contributed by atoms with Crippen molar-refractivity contribution in [2.45, 2.75) is 6.92 Å². The first kappa shape index (κ1) is 13.8. The highest BCUT2D eigenvalue weighted by Crippen LogP contribution is 2.29. The maximum Gasteiger partial charge on any atom is 0.337 e. The molecule has 0 aliphatic carbocycles. The third kappa shape index (κ3) is 2.69. The molecule has 4 nitrogen and oxygen atoms in total. The van der Waals surface area contributed by atoms with Crippen molar-refractivity contribution >= 4 is 11.7 Å². The number of aromatic carboxylic acids is 1. The van der Waals surface area contributed by atoms with Crippen molar-refractivity contribution < 1.29 is 23.4 Å². The molecule has 104 valence electrons. The maximum absolute atomic E-state index is 13.7. The summed E-state index contributed by atoms with van der Waals surface area (Å²) in [4.78, 5) is 10.9. The Morgan fingerprint density at radius 2 is 1.90 bits per heavy atom. The molecular formula is C14H11F2NO3. The van der Waals surface area contributed by atoms with E-state index in [9.17, 15) is 13.6 Å². The molecule has 0 bridgehead atoms. The lowest BCUT2D eigenvalue weighted by Crippen LogP contribution is -2.04. The fourth-order valence-electron chi connectivity index (χ4n) is 1.64. The van der Waals surface area contributed by atoms with Crippen molar-refractivity contribution in [3.63, 3.8) is 0 Å². The quantitative estimate of drug-likeness (QED) is 0.845. The van der Waals surface area contributed by atoms with Gasteiger partial charge in [0.05, 0.1) is 5.56 Å². The topological polar surface area (TPSA) is 72.5 Å². The Morgan fingerprint density at radius 1 is 1.20 bits per heavy atom. The van der Waals surface area contributed by atoms with Crippen LogP contribution in [0.3, 0.4) is 0 Å². The predicted octanol–water partition coefficient (Wildman–Crippen LogP) is 3.35. The van der Waals surface area contributed by atoms with Crippen LogP contribution in [-0.4, -0.2) is 11.1 Å². The molecule has 0 spiro atoms. The second kappa shape index (κ2) is 5.16. The summed E-state index contributed by atoms with van der Waals surface area (Å²) in [6, 6.07) is 5.74. The summed E-state index contributed by atoms with van der Waals surface area (Å²) in [7, 11) is 0. The lowest BCUT2D eigenvalue weighted by molar-refractivity contribution is 0.0697. The Hall–Kier alpha value is -2.63. The van der Waals surface area contributed by atoms with Gasteiger partial charge in [-0.2, -0.15) is 0 Å². The minimum Gasteiger partial charge on any atom is -0.478 e. The molecule has 0 amide bonds. The Bertz CT molecular complexity index is 686. The molecule has 0 saturated carbocycles. The van der Waals surface area contributed by atoms with Crippen LogP contribution in [0.4, 0.5) is 14.5 Å². The number of nitrogens with two attached hydrogens (primary N) is 1. The van der Waals surface area contributed by atoms with Crippen molar-refractivity contribution in [3.8, 4) is 11.5 Å². The van der Waals surface area contributed by atoms with E-state index in [-0.39, 0.29) is 22.7 Å². The number of rotatable bonds is 3. The fraction of sp³-hybridized carbons (Fsp3) is 0.0714. The van der Waals surface area contributed by atoms with Crippen molar-refractivity contribution in [2.75, 3.05) is 5.73 Å². The van der Waals surface area contributed by atoms with E-state index in [1.807, 2.05) is 0 Å². The standard InChI is InChI=1S/C14H11F2NO3/c1-7-4-8(2-3-10(7)15)20-13-5-9(14(18)19)12(17)6-11(13)16/h2-6H,17H2,1H3,(H,18,19). The molecule has 0 aromatic heterocycles. The van der Waals surface area contributed by atoms with Crippen LogP contribution >= 0.6 is 0 Å². The van der Waals surface area contributed by atoms with E-state index < -0.39 is 17.6 Å². The number of carboxylic acids is 1. The number of aryl methyl sites for hydroxylation is 1. The predicted molar refractivity (Wildman–Crippen MR) is 69.0 cm³/mol. The average Bonchev–Trinajstić information content (AvgIpc) is 2.36. The van der Waals surface area contributed by atoms with Crippen molar-refractivity contribution in [2.24, 2.45) is 0 Å². The lowest BCUT2D eigenvalue weighted by atomic mass is 10.1. The van der Waals surface area contributed by atoms with Gasteiger partial charge in [0.25, 0.3) is 0 Å². The van der Waals surface area contributed by atoms with Crippen LogP contribution in [0.5, 0.6) is 11.5 Å². The van der Waals surface area contributed by atoms with E-state index in [2.05, 4.69) is 0 Å². The van der Waals surface area contributed by atoms with Crippen LogP contribution in [0, 0.1) is 18.6 Å². The molecule has 0 aliphatic heterocycles. The normalized spacial score (nSPS) is 10.3. The van der Waals surface area contributed by atoms with Crippen LogP contribution in [-0.2, 0) is 0 Å². The zero-order valence-corrected chi connectivity index (χ0v) is 10.5. The lowest BCUT2D eigenvalue weighted by Gasteiger charge is -2.10. The highest BCUT2D eigenvalue weighted by Gasteiger charge is 2.15. The molecule has 0 saturated heterocycles. The molecule has 0 fully saturated rings. The zero-order valence-electron chi connectivity index (χ0n) is 10.5. The third-order valence-electron chi connectivity index (χ3n) is 2.69. The second-order valence-electron chi connectivity index (χ2n) is 4.19. The van der Waals surface area contributed by atoms with E-state index in [0.29, 0.717) is 5.56 Å². The molecule has 0 aliphatic rings. The molecule has 20 heavy (non-hydrogen) atoms. The van der Waals surface area contributed by atoms with Gasteiger partial charge in [0.15, 0.2) is 11.6 Å². The van der Waals surface area contributed by atoms with Crippen LogP contribution in [0.1, 0.15) is 15.9 Å². The maximum atomic E-state index is 13.7. The monoisotopic (exact) mass is 279 g/mol. The number of hydrogen-bond acceptors (Lipinski definition) is 3. The van der Waals surface area contributed by atoms with Gasteiger partial charge in [-0.3, -0.25) is 0 Å². The number of carbonyl (C=O) groups is 1. The molecule has 0 radical (unpaired) electrons. The highest BCUT2D eigenvalue weighted by molar-refractivity contribution is 5.94. The number of ether oxygens (including phenoxy) is 1. The largest absolute Gasteiger partial charge is 0.478 e. The second-order valence-corrected chi connectivity index (χ2v) is 4.19. The van der Waals surface area contributed by atoms with Gasteiger partial charge in [0.2, 0.25) is 0 Å². The van der Waals surface area contributed by atoms with Gasteiger partial charge in [-0.25, -0.2) is 13.6 Å². The van der Waals surface area contributed by atoms with Crippen LogP contribution in [0.2, 0.25) is 0 Å². The Morgan fingerprint density at radius 3 is 2.50 bits per heavy atom. The Kier molecular flexibility index (Phi) is 3.56. The first-order valence-electron chi connectivity index (χ1n) is 5.65. The van der Waals surface area contributed by atoms with Gasteiger partial charge in [0.1, 0.15) is 11.6 Å². The SMILES string of the molecule is Cc1cc(Oc2cc(C(=O)O)c(N)cc2F)ccc1F. The number of hydrogen-bond donors (Lipinski definition) is 2. The third-order valence-corrected chi connectivity index (χ3v) is 2.69. The van der Waals surface area contributed by atoms with Gasteiger partial charge < -0.3 is 15.6 Å². The van der Waals surface area contributed by atoms with Gasteiger partial charge >= 0.3 is 5.97 Å². The Balaban J connectivity index is 2.40. The number of carboxylic acid groups (broad SMARTS) is 1. The summed E-state index contributed by atoms with van der Waals surface area (Å²) in [5, 5.41) is 8.92. The minimum absolute atomic E-state index is 0.197. The first-order chi connectivity index (χ1) is 9.38. The fourth-order valence-corrected chi connectivity index (χ4v) is 1.64. The minimum atomic E-state index is -1.29. The summed E-state index contributed by atoms with van der Waals surface area (Å²) in [6.45, 7) is 1.53. The van der Waals surface area contributed by atoms with Gasteiger partial charge in [-0.05, 0) is 30.7 Å². The van der Waals surface area contributed by atoms with E-state index >= 15 is 0 Å². The molecule has 0 atom stereocenters. The van der Waals surface area contributed by atoms with Gasteiger partial charge in [-0.15, -0.1) is 0 Å². The molecular weight excluding hydrogens is 268 g/mol. The Labute approximate surface area is 113 Å². The van der Waals surface area contributed by atoms with E-state index in [4.69, 9.17) is 15.6 Å². The number of benzene rings is 2. The molecule has 0 unspecified atom stereocenters. The van der Waals surface area contributed by atoms with Crippen LogP contribution in [0.25, 0.3) is 0 Å². The molecule has 2 aromatic carbocycles. The van der Waals surface area contributed by atoms with E-state index in [1.165, 1.54) is 25.1 Å². The van der Waals surface area contributed by atoms with Gasteiger partial charge in [-0.1, -0.05) is 0 Å². The van der Waals surface area contributed by atoms with Crippen molar-refractivity contribution in [1.82, 2.24) is 0 Å². The van der Waals surface area contributed by atoms with E-state index in [1.54, 1.807) is 0 Å². The molecule has 3 N–H and O–H groups in total. The summed E-state index contributed by atoms with van der Waals surface area (Å²) >= 11 is 0. The average molecular weight is 279 g/mol. The highest BCUT2D eigenvalue weighted by atomic mass is 19.1. The number of nitrogen functional groups attached to an aromatic ring is 1. The number of halogens is 2. The van der Waals surface area contributed by atoms with E-state index in [0.717, 1.165) is 12.1 Å². The van der Waals surface area contributed by atoms with Gasteiger partial charge in [0, 0.05) is 17.8 Å². The smallest absolute Gasteiger partial charge is 0.337 e. The first-order valence-corrected chi connectivity index (χ1v) is 5.65. The molecule has 6 heteroatoms. The van der Waals surface area contributed by atoms with Crippen LogP contribution < -0.4 is 10.5 Å². The zero-order chi connectivity index (χ0) is 14.9. The van der Waals surface area contributed by atoms with Crippen molar-refractivity contribution in [3.05, 3.63) is 53.1 Å². The molecule has 2 rings (SSSR count). The summed E-state index contributed by atoms with van der Waals surface area (Å²) in [6.07, 6.45) is 0. The molecule has 0 heterocycles. The summed E-state index contributed by atoms with van der Waals surface area (Å²) in [5.41, 5.74) is 5.27.